The average molecular weight is 294 g/mol. The van der Waals surface area contributed by atoms with E-state index in [0.29, 0.717) is 0 Å². The van der Waals surface area contributed by atoms with Crippen LogP contribution in [-0.4, -0.2) is 36.1 Å². The predicted octanol–water partition coefficient (Wildman–Crippen LogP) is -0.180. The lowest BCUT2D eigenvalue weighted by Crippen LogP contribution is -2.43. The molecule has 7 nitrogen and oxygen atoms in total. The fourth-order valence-electron chi connectivity index (χ4n) is 1.80. The van der Waals surface area contributed by atoms with Crippen LogP contribution in [0, 0.1) is 0 Å². The minimum atomic E-state index is -1.31. The molecule has 1 atom stereocenters. The Morgan fingerprint density at radius 3 is 2.43 bits per heavy atom. The van der Waals surface area contributed by atoms with E-state index >= 15 is 0 Å². The number of aliphatic carboxylic acids is 1. The number of nitrogens with one attached hydrogen (secondary N) is 1. The van der Waals surface area contributed by atoms with Gasteiger partial charge in [-0.1, -0.05) is 24.3 Å². The number of hydrogen-bond donors (Lipinski definition) is 3. The van der Waals surface area contributed by atoms with Crippen molar-refractivity contribution in [2.24, 2.45) is 5.73 Å². The van der Waals surface area contributed by atoms with Crippen LogP contribution in [0.4, 0.5) is 0 Å². The van der Waals surface area contributed by atoms with E-state index in [1.54, 1.807) is 24.3 Å². The van der Waals surface area contributed by atoms with Crippen LogP contribution in [0.5, 0.6) is 0 Å². The molecule has 0 unspecified atom stereocenters. The van der Waals surface area contributed by atoms with Crippen molar-refractivity contribution >= 4 is 17.8 Å². The number of carbonyl (C=O) groups is 3. The molecule has 1 amide bonds. The topological polar surface area (TPSA) is 119 Å². The van der Waals surface area contributed by atoms with Gasteiger partial charge in [-0.3, -0.25) is 9.59 Å². The van der Waals surface area contributed by atoms with Crippen molar-refractivity contribution in [3.05, 3.63) is 35.4 Å². The monoisotopic (exact) mass is 294 g/mol. The Hall–Kier alpha value is -2.41. The molecule has 114 valence electrons. The largest absolute Gasteiger partial charge is 0.480 e. The summed E-state index contributed by atoms with van der Waals surface area (Å²) in [5.74, 6) is -2.49. The Bertz CT molecular complexity index is 530. The highest BCUT2D eigenvalue weighted by atomic mass is 16.5. The third-order valence-electron chi connectivity index (χ3n) is 2.92. The summed E-state index contributed by atoms with van der Waals surface area (Å²) in [5, 5.41) is 11.3. The molecule has 1 aromatic rings. The summed E-state index contributed by atoms with van der Waals surface area (Å²) in [7, 11) is 1.15. The molecule has 1 aromatic carbocycles. The van der Waals surface area contributed by atoms with Gasteiger partial charge in [-0.15, -0.1) is 0 Å². The number of methoxy groups -OCH3 is 1. The molecule has 0 radical (unpaired) electrons. The second-order valence-electron chi connectivity index (χ2n) is 4.39. The first kappa shape index (κ1) is 16.6. The molecule has 7 heteroatoms. The van der Waals surface area contributed by atoms with Gasteiger partial charge in [0.2, 0.25) is 5.91 Å². The van der Waals surface area contributed by atoms with Crippen LogP contribution < -0.4 is 11.1 Å². The number of rotatable bonds is 7. The van der Waals surface area contributed by atoms with Gasteiger partial charge in [-0.05, 0) is 11.1 Å². The van der Waals surface area contributed by atoms with Gasteiger partial charge in [-0.2, -0.15) is 0 Å². The number of carboxylic acid groups (broad SMARTS) is 1. The zero-order chi connectivity index (χ0) is 15.8. The average Bonchev–Trinajstić information content (AvgIpc) is 2.46. The lowest BCUT2D eigenvalue weighted by atomic mass is 10.0. The molecule has 0 bridgehead atoms. The highest BCUT2D eigenvalue weighted by Crippen LogP contribution is 2.09. The molecular weight excluding hydrogens is 276 g/mol. The summed E-state index contributed by atoms with van der Waals surface area (Å²) in [6.07, 6.45) is -0.422. The van der Waals surface area contributed by atoms with Gasteiger partial charge in [0.05, 0.1) is 20.0 Å². The molecule has 0 heterocycles. The zero-order valence-electron chi connectivity index (χ0n) is 11.7. The molecule has 0 aliphatic rings. The zero-order valence-corrected chi connectivity index (χ0v) is 11.7. The van der Waals surface area contributed by atoms with E-state index < -0.39 is 30.3 Å². The molecule has 4 N–H and O–H groups in total. The van der Waals surface area contributed by atoms with Crippen molar-refractivity contribution in [3.8, 4) is 0 Å². The summed E-state index contributed by atoms with van der Waals surface area (Å²) < 4.78 is 4.40. The van der Waals surface area contributed by atoms with Gasteiger partial charge in [0.1, 0.15) is 6.04 Å². The van der Waals surface area contributed by atoms with Gasteiger partial charge in [0.25, 0.3) is 0 Å². The Balaban J connectivity index is 2.70. The molecule has 0 aliphatic carbocycles. The highest BCUT2D eigenvalue weighted by molar-refractivity contribution is 5.88. The Labute approximate surface area is 122 Å². The van der Waals surface area contributed by atoms with Gasteiger partial charge in [-0.25, -0.2) is 4.79 Å². The molecule has 0 saturated carbocycles. The molecule has 0 spiro atoms. The minimum Gasteiger partial charge on any atom is -0.480 e. The van der Waals surface area contributed by atoms with Gasteiger partial charge in [0.15, 0.2) is 0 Å². The molecule has 21 heavy (non-hydrogen) atoms. The Morgan fingerprint density at radius 2 is 1.90 bits per heavy atom. The number of benzene rings is 1. The molecule has 0 saturated heterocycles. The van der Waals surface area contributed by atoms with Crippen molar-refractivity contribution in [2.45, 2.75) is 25.4 Å². The number of carbonyl (C=O) groups excluding carboxylic acids is 2. The van der Waals surface area contributed by atoms with Crippen LogP contribution in [0.1, 0.15) is 17.5 Å². The standard InChI is InChI=1S/C14H18N2O5/c1-21-13(18)7-11(14(19)20)16-12(17)6-9-4-2-3-5-10(9)8-15/h2-5,11H,6-8,15H2,1H3,(H,16,17)(H,19,20)/t11-/m0/s1. The van der Waals surface area contributed by atoms with Crippen molar-refractivity contribution in [1.82, 2.24) is 5.32 Å². The molecule has 0 aliphatic heterocycles. The lowest BCUT2D eigenvalue weighted by molar-refractivity contribution is -0.148. The van der Waals surface area contributed by atoms with Crippen LogP contribution in [0.25, 0.3) is 0 Å². The van der Waals surface area contributed by atoms with Gasteiger partial charge >= 0.3 is 11.9 Å². The van der Waals surface area contributed by atoms with Crippen LogP contribution in [0.2, 0.25) is 0 Å². The normalized spacial score (nSPS) is 11.5. The SMILES string of the molecule is COC(=O)C[C@H](NC(=O)Cc1ccccc1CN)C(=O)O. The van der Waals surface area contributed by atoms with Crippen LogP contribution in [0.15, 0.2) is 24.3 Å². The van der Waals surface area contributed by atoms with E-state index in [9.17, 15) is 14.4 Å². The third-order valence-corrected chi connectivity index (χ3v) is 2.92. The number of carboxylic acids is 1. The highest BCUT2D eigenvalue weighted by Gasteiger charge is 2.23. The molecule has 0 aromatic heterocycles. The number of hydrogen-bond acceptors (Lipinski definition) is 5. The fourth-order valence-corrected chi connectivity index (χ4v) is 1.80. The van der Waals surface area contributed by atoms with Crippen LogP contribution in [-0.2, 0) is 32.1 Å². The maximum Gasteiger partial charge on any atom is 0.326 e. The first-order valence-corrected chi connectivity index (χ1v) is 6.33. The number of amides is 1. The van der Waals surface area contributed by atoms with E-state index in [2.05, 4.69) is 10.1 Å². The molecular formula is C14H18N2O5. The van der Waals surface area contributed by atoms with Crippen molar-refractivity contribution in [1.29, 1.82) is 0 Å². The Morgan fingerprint density at radius 1 is 1.29 bits per heavy atom. The van der Waals surface area contributed by atoms with E-state index in [4.69, 9.17) is 10.8 Å². The second-order valence-corrected chi connectivity index (χ2v) is 4.39. The summed E-state index contributed by atoms with van der Waals surface area (Å²) in [4.78, 5) is 34.0. The predicted molar refractivity (Wildman–Crippen MR) is 74.2 cm³/mol. The lowest BCUT2D eigenvalue weighted by Gasteiger charge is -2.14. The first-order valence-electron chi connectivity index (χ1n) is 6.33. The number of nitrogens with two attached hydrogens (primary N) is 1. The summed E-state index contributed by atoms with van der Waals surface area (Å²) >= 11 is 0. The van der Waals surface area contributed by atoms with Crippen LogP contribution >= 0.6 is 0 Å². The van der Waals surface area contributed by atoms with Crippen LogP contribution in [0.3, 0.4) is 0 Å². The maximum atomic E-state index is 11.9. The maximum absolute atomic E-state index is 11.9. The smallest absolute Gasteiger partial charge is 0.326 e. The minimum absolute atomic E-state index is 0.00166. The number of esters is 1. The third kappa shape index (κ3) is 5.23. The summed E-state index contributed by atoms with van der Waals surface area (Å²) in [5.41, 5.74) is 7.11. The number of ether oxygens (including phenoxy) is 1. The summed E-state index contributed by atoms with van der Waals surface area (Å²) in [6.45, 7) is 0.286. The fraction of sp³-hybridized carbons (Fsp3) is 0.357. The van der Waals surface area contributed by atoms with Crippen molar-refractivity contribution < 1.29 is 24.2 Å². The van der Waals surface area contributed by atoms with Gasteiger partial charge in [0, 0.05) is 6.54 Å². The van der Waals surface area contributed by atoms with Gasteiger partial charge < -0.3 is 20.9 Å². The summed E-state index contributed by atoms with van der Waals surface area (Å²) in [6, 6.07) is 5.81. The van der Waals surface area contributed by atoms with E-state index in [0.717, 1.165) is 18.2 Å². The first-order chi connectivity index (χ1) is 9.97. The van der Waals surface area contributed by atoms with E-state index in [1.807, 2.05) is 0 Å². The second kappa shape index (κ2) is 8.01. The molecule has 0 fully saturated rings. The van der Waals surface area contributed by atoms with E-state index in [1.165, 1.54) is 0 Å². The Kier molecular flexibility index (Phi) is 6.35. The van der Waals surface area contributed by atoms with Crippen molar-refractivity contribution in [2.75, 3.05) is 7.11 Å². The molecule has 1 rings (SSSR count). The van der Waals surface area contributed by atoms with E-state index in [-0.39, 0.29) is 13.0 Å². The van der Waals surface area contributed by atoms with Crippen molar-refractivity contribution in [3.63, 3.8) is 0 Å². The quantitative estimate of drug-likeness (QED) is 0.600.